The van der Waals surface area contributed by atoms with Gasteiger partial charge in [-0.2, -0.15) is 4.98 Å². The minimum Gasteiger partial charge on any atom is -0.308 e. The Kier molecular flexibility index (Phi) is 4.59. The monoisotopic (exact) mass is 294 g/mol. The van der Waals surface area contributed by atoms with E-state index in [1.54, 1.807) is 11.3 Å². The van der Waals surface area contributed by atoms with E-state index in [1.165, 1.54) is 15.6 Å². The number of hydrogen-bond donors (Lipinski definition) is 1. The van der Waals surface area contributed by atoms with Gasteiger partial charge in [-0.05, 0) is 18.4 Å². The average Bonchev–Trinajstić information content (AvgIpc) is 2.94. The van der Waals surface area contributed by atoms with Crippen molar-refractivity contribution >= 4 is 17.0 Å². The van der Waals surface area contributed by atoms with Gasteiger partial charge < -0.3 is 5.32 Å². The molecule has 20 heavy (non-hydrogen) atoms. The van der Waals surface area contributed by atoms with E-state index in [0.29, 0.717) is 13.1 Å². The molecule has 1 N–H and O–H groups in total. The average molecular weight is 294 g/mol. The van der Waals surface area contributed by atoms with Gasteiger partial charge in [0.2, 0.25) is 0 Å². The minimum absolute atomic E-state index is 0.178. The Bertz CT molecular complexity index is 638. The highest BCUT2D eigenvalue weighted by atomic mass is 32.1. The molecule has 2 rings (SSSR count). The van der Waals surface area contributed by atoms with E-state index < -0.39 is 10.6 Å². The number of hydrogen-bond acceptors (Lipinski definition) is 6. The fourth-order valence-electron chi connectivity index (χ4n) is 1.74. The van der Waals surface area contributed by atoms with Crippen LogP contribution in [0.2, 0.25) is 0 Å². The van der Waals surface area contributed by atoms with Gasteiger partial charge in [0.25, 0.3) is 0 Å². The zero-order valence-corrected chi connectivity index (χ0v) is 11.7. The number of nitro groups is 1. The predicted octanol–water partition coefficient (Wildman–Crippen LogP) is 1.56. The van der Waals surface area contributed by atoms with Crippen molar-refractivity contribution in [3.63, 3.8) is 0 Å². The lowest BCUT2D eigenvalue weighted by molar-refractivity contribution is -0.385. The van der Waals surface area contributed by atoms with Gasteiger partial charge in [-0.1, -0.05) is 6.07 Å². The topological polar surface area (TPSA) is 90.1 Å². The van der Waals surface area contributed by atoms with Crippen LogP contribution in [0.5, 0.6) is 0 Å². The summed E-state index contributed by atoms with van der Waals surface area (Å²) in [6.45, 7) is 2.89. The van der Waals surface area contributed by atoms with E-state index in [2.05, 4.69) is 10.3 Å². The van der Waals surface area contributed by atoms with Gasteiger partial charge in [0.05, 0.1) is 11.1 Å². The lowest BCUT2D eigenvalue weighted by Crippen LogP contribution is -2.29. The van der Waals surface area contributed by atoms with Gasteiger partial charge in [-0.25, -0.2) is 4.79 Å². The molecule has 0 bridgehead atoms. The molecule has 8 heteroatoms. The molecule has 0 fully saturated rings. The predicted molar refractivity (Wildman–Crippen MR) is 75.9 cm³/mol. The van der Waals surface area contributed by atoms with E-state index in [4.69, 9.17) is 0 Å². The van der Waals surface area contributed by atoms with Crippen LogP contribution in [0.3, 0.4) is 0 Å². The highest BCUT2D eigenvalue weighted by Crippen LogP contribution is 2.17. The van der Waals surface area contributed by atoms with Crippen molar-refractivity contribution in [2.24, 2.45) is 0 Å². The van der Waals surface area contributed by atoms with Crippen molar-refractivity contribution in [1.29, 1.82) is 0 Å². The zero-order valence-electron chi connectivity index (χ0n) is 10.9. The van der Waals surface area contributed by atoms with Crippen molar-refractivity contribution in [2.45, 2.75) is 19.5 Å². The second-order valence-electron chi connectivity index (χ2n) is 4.24. The fraction of sp³-hybridized carbons (Fsp3) is 0.333. The summed E-state index contributed by atoms with van der Waals surface area (Å²) in [5.74, 6) is 0. The third kappa shape index (κ3) is 3.49. The first kappa shape index (κ1) is 14.4. The molecule has 0 radical (unpaired) electrons. The van der Waals surface area contributed by atoms with E-state index in [9.17, 15) is 14.9 Å². The van der Waals surface area contributed by atoms with Crippen molar-refractivity contribution in [3.05, 3.63) is 55.4 Å². The Morgan fingerprint density at radius 3 is 3.05 bits per heavy atom. The molecule has 0 aliphatic carbocycles. The van der Waals surface area contributed by atoms with Crippen molar-refractivity contribution in [1.82, 2.24) is 14.9 Å². The van der Waals surface area contributed by atoms with Gasteiger partial charge in [0.1, 0.15) is 6.20 Å². The number of nitrogens with one attached hydrogen (secondary N) is 1. The van der Waals surface area contributed by atoms with Gasteiger partial charge in [-0.3, -0.25) is 14.7 Å². The first-order chi connectivity index (χ1) is 9.58. The molecule has 1 unspecified atom stereocenters. The summed E-state index contributed by atoms with van der Waals surface area (Å²) in [5.41, 5.74) is -0.669. The molecular weight excluding hydrogens is 280 g/mol. The Balaban J connectivity index is 1.95. The fourth-order valence-corrected chi connectivity index (χ4v) is 2.50. The van der Waals surface area contributed by atoms with Crippen LogP contribution in [-0.2, 0) is 6.54 Å². The summed E-state index contributed by atoms with van der Waals surface area (Å²) in [6, 6.07) is 4.19. The van der Waals surface area contributed by atoms with Crippen molar-refractivity contribution in [3.8, 4) is 0 Å². The third-order valence-corrected chi connectivity index (χ3v) is 3.88. The van der Waals surface area contributed by atoms with Crippen LogP contribution < -0.4 is 11.0 Å². The first-order valence-electron chi connectivity index (χ1n) is 6.05. The molecule has 0 saturated carbocycles. The van der Waals surface area contributed by atoms with E-state index in [0.717, 1.165) is 6.20 Å². The maximum Gasteiger partial charge on any atom is 0.348 e. The summed E-state index contributed by atoms with van der Waals surface area (Å²) in [5, 5.41) is 15.9. The normalized spacial score (nSPS) is 12.2. The lowest BCUT2D eigenvalue weighted by atomic mass is 10.3. The van der Waals surface area contributed by atoms with Gasteiger partial charge in [0, 0.05) is 24.0 Å². The number of aromatic nitrogens is 2. The third-order valence-electron chi connectivity index (χ3n) is 2.83. The summed E-state index contributed by atoms with van der Waals surface area (Å²) in [4.78, 5) is 26.3. The number of rotatable bonds is 6. The van der Waals surface area contributed by atoms with Gasteiger partial charge >= 0.3 is 11.4 Å². The number of thiophene rings is 1. The molecule has 2 aromatic heterocycles. The number of nitrogens with zero attached hydrogens (tertiary/aromatic N) is 3. The molecule has 106 valence electrons. The zero-order chi connectivity index (χ0) is 14.5. The van der Waals surface area contributed by atoms with Gasteiger partial charge in [0.15, 0.2) is 0 Å². The lowest BCUT2D eigenvalue weighted by Gasteiger charge is -2.12. The highest BCUT2D eigenvalue weighted by Gasteiger charge is 2.09. The maximum atomic E-state index is 11.5. The molecular formula is C12H14N4O3S. The first-order valence-corrected chi connectivity index (χ1v) is 6.93. The molecule has 0 spiro atoms. The molecule has 2 aromatic rings. The summed E-state index contributed by atoms with van der Waals surface area (Å²) >= 11 is 1.65. The Hall–Kier alpha value is -2.06. The second kappa shape index (κ2) is 6.40. The molecule has 0 aliphatic heterocycles. The van der Waals surface area contributed by atoms with Crippen LogP contribution >= 0.6 is 11.3 Å². The van der Waals surface area contributed by atoms with Crippen LogP contribution in [0, 0.1) is 10.1 Å². The van der Waals surface area contributed by atoms with Gasteiger partial charge in [-0.15, -0.1) is 11.3 Å². The SMILES string of the molecule is CC(NCCn1cc([N+](=O)[O-])cnc1=O)c1cccs1. The standard InChI is InChI=1S/C12H14N4O3S/c1-9(11-3-2-6-20-11)13-4-5-15-8-10(16(18)19)7-14-12(15)17/h2-3,6-9,13H,4-5H2,1H3. The Morgan fingerprint density at radius 2 is 2.40 bits per heavy atom. The van der Waals surface area contributed by atoms with E-state index >= 15 is 0 Å². The molecule has 0 amide bonds. The largest absolute Gasteiger partial charge is 0.348 e. The Labute approximate surface area is 119 Å². The maximum absolute atomic E-state index is 11.5. The Morgan fingerprint density at radius 1 is 1.60 bits per heavy atom. The second-order valence-corrected chi connectivity index (χ2v) is 5.22. The summed E-state index contributed by atoms with van der Waals surface area (Å²) in [6.07, 6.45) is 2.19. The molecule has 1 atom stereocenters. The molecule has 2 heterocycles. The molecule has 0 saturated heterocycles. The summed E-state index contributed by atoms with van der Waals surface area (Å²) < 4.78 is 1.24. The van der Waals surface area contributed by atoms with Crippen LogP contribution in [0.15, 0.2) is 34.7 Å². The quantitative estimate of drug-likeness (QED) is 0.645. The van der Waals surface area contributed by atoms with Crippen molar-refractivity contribution in [2.75, 3.05) is 6.54 Å². The van der Waals surface area contributed by atoms with Crippen LogP contribution in [0.1, 0.15) is 17.8 Å². The molecule has 0 aliphatic rings. The van der Waals surface area contributed by atoms with Crippen LogP contribution in [-0.4, -0.2) is 21.0 Å². The minimum atomic E-state index is -0.565. The smallest absolute Gasteiger partial charge is 0.308 e. The summed E-state index contributed by atoms with van der Waals surface area (Å²) in [7, 11) is 0. The molecule has 7 nitrogen and oxygen atoms in total. The van der Waals surface area contributed by atoms with E-state index in [1.807, 2.05) is 24.4 Å². The van der Waals surface area contributed by atoms with Crippen molar-refractivity contribution < 1.29 is 4.92 Å². The van der Waals surface area contributed by atoms with E-state index in [-0.39, 0.29) is 11.7 Å². The van der Waals surface area contributed by atoms with Crippen LogP contribution in [0.25, 0.3) is 0 Å². The molecule has 0 aromatic carbocycles. The van der Waals surface area contributed by atoms with Crippen LogP contribution in [0.4, 0.5) is 5.69 Å². The highest BCUT2D eigenvalue weighted by molar-refractivity contribution is 7.10.